The molecule has 1 saturated heterocycles. The second-order valence-electron chi connectivity index (χ2n) is 7.23. The zero-order chi connectivity index (χ0) is 19.9. The molecular weight excluding hydrogens is 482 g/mol. The zero-order valence-electron chi connectivity index (χ0n) is 17.2. The van der Waals surface area contributed by atoms with Crippen LogP contribution < -0.4 is 15.5 Å². The van der Waals surface area contributed by atoms with Crippen molar-refractivity contribution in [2.24, 2.45) is 4.99 Å². The van der Waals surface area contributed by atoms with Crippen LogP contribution in [0.15, 0.2) is 53.7 Å². The summed E-state index contributed by atoms with van der Waals surface area (Å²) in [7, 11) is 5.92. The third kappa shape index (κ3) is 6.27. The maximum atomic E-state index is 14.0. The Hall–Kier alpha value is -1.94. The molecule has 0 aliphatic carbocycles. The Bertz CT molecular complexity index is 786. The number of anilines is 1. The number of aliphatic imine (C=N–C) groups is 1. The fourth-order valence-corrected chi connectivity index (χ4v) is 3.54. The van der Waals surface area contributed by atoms with Gasteiger partial charge in [0.15, 0.2) is 17.6 Å². The second kappa shape index (κ2) is 11.3. The van der Waals surface area contributed by atoms with Gasteiger partial charge in [0.1, 0.15) is 0 Å². The summed E-state index contributed by atoms with van der Waals surface area (Å²) >= 11 is 0. The smallest absolute Gasteiger partial charge is 0.191 e. The predicted octanol–water partition coefficient (Wildman–Crippen LogP) is 2.89. The first-order chi connectivity index (χ1) is 13.6. The Balaban J connectivity index is 0.00000300. The fourth-order valence-electron chi connectivity index (χ4n) is 3.54. The molecule has 158 valence electrons. The van der Waals surface area contributed by atoms with Gasteiger partial charge in [-0.05, 0) is 38.2 Å². The molecule has 8 heteroatoms. The summed E-state index contributed by atoms with van der Waals surface area (Å²) in [5, 5.41) is 6.89. The van der Waals surface area contributed by atoms with Crippen molar-refractivity contribution in [2.45, 2.75) is 18.5 Å². The highest BCUT2D eigenvalue weighted by molar-refractivity contribution is 14.0. The van der Waals surface area contributed by atoms with E-state index in [1.807, 2.05) is 11.0 Å². The van der Waals surface area contributed by atoms with E-state index in [2.05, 4.69) is 63.9 Å². The topological polar surface area (TPSA) is 55.8 Å². The first-order valence-corrected chi connectivity index (χ1v) is 9.62. The SMILES string of the molecule is CN=C(NCC(c1ccccc1)N(C)C)NC1CCN(c2ncccc2F)C1.I. The quantitative estimate of drug-likeness (QED) is 0.354. The van der Waals surface area contributed by atoms with Crippen molar-refractivity contribution >= 4 is 35.8 Å². The lowest BCUT2D eigenvalue weighted by molar-refractivity contribution is 0.298. The van der Waals surface area contributed by atoms with Gasteiger partial charge in [-0.25, -0.2) is 9.37 Å². The third-order valence-electron chi connectivity index (χ3n) is 5.06. The van der Waals surface area contributed by atoms with E-state index in [1.165, 1.54) is 11.6 Å². The predicted molar refractivity (Wildman–Crippen MR) is 128 cm³/mol. The van der Waals surface area contributed by atoms with Crippen molar-refractivity contribution in [2.75, 3.05) is 45.7 Å². The highest BCUT2D eigenvalue weighted by Gasteiger charge is 2.26. The number of likely N-dealkylation sites (N-methyl/N-ethyl adjacent to an activating group) is 1. The Morgan fingerprint density at radius 1 is 1.28 bits per heavy atom. The van der Waals surface area contributed by atoms with Crippen molar-refractivity contribution in [3.63, 3.8) is 0 Å². The second-order valence-corrected chi connectivity index (χ2v) is 7.23. The number of hydrogen-bond acceptors (Lipinski definition) is 4. The van der Waals surface area contributed by atoms with Crippen molar-refractivity contribution < 1.29 is 4.39 Å². The summed E-state index contributed by atoms with van der Waals surface area (Å²) < 4.78 is 14.0. The van der Waals surface area contributed by atoms with E-state index >= 15 is 0 Å². The molecule has 29 heavy (non-hydrogen) atoms. The first-order valence-electron chi connectivity index (χ1n) is 9.62. The fraction of sp³-hybridized carbons (Fsp3) is 0.429. The Morgan fingerprint density at radius 3 is 2.69 bits per heavy atom. The minimum absolute atomic E-state index is 0. The number of guanidine groups is 1. The normalized spacial score (nSPS) is 17.8. The minimum atomic E-state index is -0.276. The van der Waals surface area contributed by atoms with Crippen molar-refractivity contribution in [1.82, 2.24) is 20.5 Å². The number of rotatable bonds is 6. The lowest BCUT2D eigenvalue weighted by Crippen LogP contribution is -2.46. The molecule has 0 spiro atoms. The molecule has 0 radical (unpaired) electrons. The average Bonchev–Trinajstić information content (AvgIpc) is 3.16. The van der Waals surface area contributed by atoms with Gasteiger partial charge in [-0.1, -0.05) is 30.3 Å². The van der Waals surface area contributed by atoms with Gasteiger partial charge in [-0.2, -0.15) is 0 Å². The van der Waals surface area contributed by atoms with Crippen molar-refractivity contribution in [3.05, 3.63) is 60.0 Å². The number of halogens is 2. The minimum Gasteiger partial charge on any atom is -0.354 e. The third-order valence-corrected chi connectivity index (χ3v) is 5.06. The summed E-state index contributed by atoms with van der Waals surface area (Å²) in [5.74, 6) is 0.907. The first kappa shape index (κ1) is 23.3. The number of pyridine rings is 1. The molecule has 1 aromatic carbocycles. The molecule has 1 fully saturated rings. The summed E-state index contributed by atoms with van der Waals surface area (Å²) in [5.41, 5.74) is 1.26. The Kier molecular flexibility index (Phi) is 9.09. The van der Waals surface area contributed by atoms with E-state index in [-0.39, 0.29) is 41.9 Å². The molecule has 3 rings (SSSR count). The summed E-state index contributed by atoms with van der Waals surface area (Å²) in [6, 6.07) is 13.9. The lowest BCUT2D eigenvalue weighted by Gasteiger charge is -2.26. The maximum Gasteiger partial charge on any atom is 0.191 e. The van der Waals surface area contributed by atoms with E-state index in [4.69, 9.17) is 0 Å². The van der Waals surface area contributed by atoms with Crippen LogP contribution in [0.3, 0.4) is 0 Å². The van der Waals surface area contributed by atoms with E-state index in [0.29, 0.717) is 12.4 Å². The van der Waals surface area contributed by atoms with Gasteiger partial charge in [0, 0.05) is 38.9 Å². The molecule has 0 amide bonds. The standard InChI is InChI=1S/C21H29FN6.HI/c1-23-21(25-14-19(27(2)3)16-8-5-4-6-9-16)26-17-11-13-28(15-17)20-18(22)10-7-12-24-20;/h4-10,12,17,19H,11,13-15H2,1-3H3,(H2,23,25,26);1H. The highest BCUT2D eigenvalue weighted by Crippen LogP contribution is 2.21. The van der Waals surface area contributed by atoms with E-state index in [9.17, 15) is 4.39 Å². The molecule has 2 aromatic rings. The van der Waals surface area contributed by atoms with Crippen molar-refractivity contribution in [3.8, 4) is 0 Å². The highest BCUT2D eigenvalue weighted by atomic mass is 127. The summed E-state index contributed by atoms with van der Waals surface area (Å²) in [6.07, 6.45) is 2.54. The van der Waals surface area contributed by atoms with Gasteiger partial charge < -0.3 is 20.4 Å². The van der Waals surface area contributed by atoms with Gasteiger partial charge in [-0.3, -0.25) is 4.99 Å². The molecule has 1 aliphatic rings. The van der Waals surface area contributed by atoms with Crippen LogP contribution in [0.2, 0.25) is 0 Å². The van der Waals surface area contributed by atoms with Crippen LogP contribution in [-0.4, -0.2) is 62.7 Å². The van der Waals surface area contributed by atoms with Crippen LogP contribution in [-0.2, 0) is 0 Å². The van der Waals surface area contributed by atoms with Crippen LogP contribution in [0.1, 0.15) is 18.0 Å². The number of nitrogens with one attached hydrogen (secondary N) is 2. The van der Waals surface area contributed by atoms with Gasteiger partial charge in [0.2, 0.25) is 0 Å². The van der Waals surface area contributed by atoms with Gasteiger partial charge >= 0.3 is 0 Å². The Labute approximate surface area is 189 Å². The van der Waals surface area contributed by atoms with Crippen molar-refractivity contribution in [1.29, 1.82) is 0 Å². The van der Waals surface area contributed by atoms with Crippen LogP contribution in [0, 0.1) is 5.82 Å². The van der Waals surface area contributed by atoms with E-state index in [1.54, 1.807) is 19.3 Å². The van der Waals surface area contributed by atoms with Gasteiger partial charge in [-0.15, -0.1) is 24.0 Å². The maximum absolute atomic E-state index is 14.0. The molecular formula is C21H30FIN6. The van der Waals surface area contributed by atoms with Gasteiger partial charge in [0.25, 0.3) is 0 Å². The average molecular weight is 512 g/mol. The monoisotopic (exact) mass is 512 g/mol. The van der Waals surface area contributed by atoms with Crippen LogP contribution in [0.5, 0.6) is 0 Å². The summed E-state index contributed by atoms with van der Waals surface area (Å²) in [6.45, 7) is 2.21. The molecule has 0 saturated carbocycles. The lowest BCUT2D eigenvalue weighted by atomic mass is 10.1. The van der Waals surface area contributed by atoms with E-state index < -0.39 is 0 Å². The molecule has 2 atom stereocenters. The Morgan fingerprint density at radius 2 is 2.03 bits per heavy atom. The van der Waals surface area contributed by atoms with Crippen LogP contribution >= 0.6 is 24.0 Å². The molecule has 1 aromatic heterocycles. The number of nitrogens with zero attached hydrogens (tertiary/aromatic N) is 4. The number of hydrogen-bond donors (Lipinski definition) is 2. The molecule has 6 nitrogen and oxygen atoms in total. The van der Waals surface area contributed by atoms with E-state index in [0.717, 1.165) is 25.5 Å². The molecule has 2 heterocycles. The molecule has 2 N–H and O–H groups in total. The largest absolute Gasteiger partial charge is 0.354 e. The molecule has 0 bridgehead atoms. The number of aromatic nitrogens is 1. The summed E-state index contributed by atoms with van der Waals surface area (Å²) in [4.78, 5) is 12.7. The van der Waals surface area contributed by atoms with Gasteiger partial charge in [0.05, 0.1) is 6.04 Å². The zero-order valence-corrected chi connectivity index (χ0v) is 19.5. The van der Waals surface area contributed by atoms with Crippen LogP contribution in [0.4, 0.5) is 10.2 Å². The molecule has 2 unspecified atom stereocenters. The molecule has 1 aliphatic heterocycles. The van der Waals surface area contributed by atoms with Crippen LogP contribution in [0.25, 0.3) is 0 Å². The number of benzene rings is 1.